The van der Waals surface area contributed by atoms with E-state index in [1.165, 1.54) is 24.5 Å². The number of nitrogens with zero attached hydrogens (tertiary/aromatic N) is 3. The number of hydrogen-bond donors (Lipinski definition) is 2. The number of amides is 1. The number of anilines is 3. The summed E-state index contributed by atoms with van der Waals surface area (Å²) < 4.78 is 30.9. The number of carbonyl (C=O) groups is 1. The van der Waals surface area contributed by atoms with Crippen LogP contribution in [-0.2, 0) is 14.3 Å². The molecule has 0 bridgehead atoms. The molecule has 206 valence electrons. The Morgan fingerprint density at radius 3 is 2.95 bits per heavy atom. The van der Waals surface area contributed by atoms with Gasteiger partial charge in [0.1, 0.15) is 30.3 Å². The van der Waals surface area contributed by atoms with Gasteiger partial charge in [0.25, 0.3) is 0 Å². The molecule has 0 aliphatic carbocycles. The van der Waals surface area contributed by atoms with Crippen LogP contribution in [0.15, 0.2) is 48.8 Å². The van der Waals surface area contributed by atoms with E-state index in [-0.39, 0.29) is 17.0 Å². The molecule has 0 saturated carbocycles. The number of rotatable bonds is 9. The van der Waals surface area contributed by atoms with Gasteiger partial charge in [0.05, 0.1) is 28.9 Å². The summed E-state index contributed by atoms with van der Waals surface area (Å²) >= 11 is 5.95. The second-order valence-corrected chi connectivity index (χ2v) is 9.85. The summed E-state index contributed by atoms with van der Waals surface area (Å²) in [5.41, 5.74) is 1.65. The lowest BCUT2D eigenvalue weighted by Crippen LogP contribution is -2.26. The molecule has 1 aromatic heterocycles. The van der Waals surface area contributed by atoms with Crippen LogP contribution in [0.4, 0.5) is 21.6 Å². The predicted molar refractivity (Wildman–Crippen MR) is 148 cm³/mol. The van der Waals surface area contributed by atoms with Crippen LogP contribution in [0.2, 0.25) is 5.02 Å². The van der Waals surface area contributed by atoms with Gasteiger partial charge in [-0.05, 0) is 43.5 Å². The lowest BCUT2D eigenvalue weighted by Gasteiger charge is -2.17. The van der Waals surface area contributed by atoms with Crippen molar-refractivity contribution < 1.29 is 23.4 Å². The second kappa shape index (κ2) is 13.2. The van der Waals surface area contributed by atoms with Crippen molar-refractivity contribution in [3.8, 4) is 5.75 Å². The van der Waals surface area contributed by atoms with Gasteiger partial charge in [0.2, 0.25) is 5.91 Å². The minimum absolute atomic E-state index is 0.00405. The van der Waals surface area contributed by atoms with Crippen LogP contribution in [0.5, 0.6) is 5.75 Å². The minimum atomic E-state index is -0.509. The molecule has 11 heteroatoms. The highest BCUT2D eigenvalue weighted by atomic mass is 35.5. The van der Waals surface area contributed by atoms with Gasteiger partial charge >= 0.3 is 0 Å². The molecule has 0 radical (unpaired) electrons. The maximum Gasteiger partial charge on any atom is 0.248 e. The van der Waals surface area contributed by atoms with Crippen LogP contribution >= 0.6 is 11.6 Å². The normalized spacial score (nSPS) is 18.4. The first-order valence-corrected chi connectivity index (χ1v) is 13.5. The number of aromatic nitrogens is 2. The molecule has 1 amide bonds. The van der Waals surface area contributed by atoms with Crippen molar-refractivity contribution in [2.45, 2.75) is 25.4 Å². The van der Waals surface area contributed by atoms with Crippen LogP contribution in [0.1, 0.15) is 19.3 Å². The molecular formula is C28H31ClFN5O4. The van der Waals surface area contributed by atoms with Crippen LogP contribution in [0, 0.1) is 5.82 Å². The van der Waals surface area contributed by atoms with E-state index in [0.29, 0.717) is 53.6 Å². The predicted octanol–water partition coefficient (Wildman–Crippen LogP) is 4.94. The van der Waals surface area contributed by atoms with Crippen LogP contribution in [0.25, 0.3) is 10.9 Å². The van der Waals surface area contributed by atoms with Gasteiger partial charge in [0.15, 0.2) is 0 Å². The monoisotopic (exact) mass is 555 g/mol. The van der Waals surface area contributed by atoms with E-state index in [0.717, 1.165) is 45.6 Å². The van der Waals surface area contributed by atoms with Gasteiger partial charge in [-0.15, -0.1) is 0 Å². The van der Waals surface area contributed by atoms with Crippen molar-refractivity contribution in [1.82, 2.24) is 14.9 Å². The van der Waals surface area contributed by atoms with Crippen LogP contribution < -0.4 is 15.4 Å². The standard InChI is InChI=1S/C28H31ClFN5O4/c29-22-14-19(6-7-23(22)30)33-28-21-15-25(34-27(36)5-1-8-35-9-3-11-37-13-10-35)26(16-24(21)31-18-32-28)39-17-20-4-2-12-38-20/h1,5-7,14-16,18,20H,2-4,8-13,17H2,(H,34,36)(H,31,32,33)/t20-/m0/s1. The molecule has 5 rings (SSSR count). The average molecular weight is 556 g/mol. The molecule has 2 saturated heterocycles. The fourth-order valence-electron chi connectivity index (χ4n) is 4.53. The number of hydrogen-bond acceptors (Lipinski definition) is 8. The molecule has 3 aromatic rings. The minimum Gasteiger partial charge on any atom is -0.489 e. The summed E-state index contributed by atoms with van der Waals surface area (Å²) in [6.07, 6.45) is 7.71. The highest BCUT2D eigenvalue weighted by molar-refractivity contribution is 6.31. The van der Waals surface area contributed by atoms with Gasteiger partial charge in [-0.1, -0.05) is 17.7 Å². The number of ether oxygens (including phenoxy) is 3. The van der Waals surface area contributed by atoms with Gasteiger partial charge in [-0.2, -0.15) is 0 Å². The van der Waals surface area contributed by atoms with E-state index >= 15 is 0 Å². The molecule has 2 fully saturated rings. The zero-order valence-electron chi connectivity index (χ0n) is 21.5. The third kappa shape index (κ3) is 7.42. The molecule has 0 unspecified atom stereocenters. The van der Waals surface area contributed by atoms with E-state index in [2.05, 4.69) is 25.5 Å². The number of carbonyl (C=O) groups excluding carboxylic acids is 1. The van der Waals surface area contributed by atoms with Crippen molar-refractivity contribution in [2.24, 2.45) is 0 Å². The zero-order chi connectivity index (χ0) is 27.0. The third-order valence-electron chi connectivity index (χ3n) is 6.57. The summed E-state index contributed by atoms with van der Waals surface area (Å²) in [6, 6.07) is 7.87. The Hall–Kier alpha value is -3.31. The topological polar surface area (TPSA) is 97.8 Å². The van der Waals surface area contributed by atoms with Gasteiger partial charge in [-0.3, -0.25) is 9.69 Å². The average Bonchev–Trinajstić information content (AvgIpc) is 3.32. The zero-order valence-corrected chi connectivity index (χ0v) is 22.3. The Bertz CT molecular complexity index is 1330. The van der Waals surface area contributed by atoms with Crippen molar-refractivity contribution in [3.63, 3.8) is 0 Å². The van der Waals surface area contributed by atoms with E-state index in [1.807, 2.05) is 6.08 Å². The van der Waals surface area contributed by atoms with Gasteiger partial charge < -0.3 is 24.8 Å². The SMILES string of the molecule is O=C(C=CCN1CCCOCC1)Nc1cc2c(Nc3ccc(F)c(Cl)c3)ncnc2cc1OC[C@@H]1CCCO1. The van der Waals surface area contributed by atoms with Crippen LogP contribution in [0.3, 0.4) is 0 Å². The third-order valence-corrected chi connectivity index (χ3v) is 6.86. The molecule has 1 atom stereocenters. The van der Waals surface area contributed by atoms with E-state index < -0.39 is 5.82 Å². The first-order chi connectivity index (χ1) is 19.0. The molecular weight excluding hydrogens is 525 g/mol. The van der Waals surface area contributed by atoms with E-state index in [4.69, 9.17) is 25.8 Å². The fraction of sp³-hybridized carbons (Fsp3) is 0.393. The van der Waals surface area contributed by atoms with Crippen molar-refractivity contribution >= 4 is 45.6 Å². The first kappa shape index (κ1) is 27.3. The Morgan fingerprint density at radius 2 is 2.10 bits per heavy atom. The summed E-state index contributed by atoms with van der Waals surface area (Å²) in [5, 5.41) is 6.75. The largest absolute Gasteiger partial charge is 0.489 e. The Kier molecular flexibility index (Phi) is 9.20. The van der Waals surface area contributed by atoms with Crippen LogP contribution in [-0.4, -0.2) is 72.9 Å². The summed E-state index contributed by atoms with van der Waals surface area (Å²) in [4.78, 5) is 23.9. The van der Waals surface area contributed by atoms with Gasteiger partial charge in [-0.25, -0.2) is 14.4 Å². The van der Waals surface area contributed by atoms with Gasteiger partial charge in [0, 0.05) is 56.1 Å². The Labute approximate surface area is 231 Å². The molecule has 2 aliphatic heterocycles. The maximum absolute atomic E-state index is 13.6. The maximum atomic E-state index is 13.6. The molecule has 9 nitrogen and oxygen atoms in total. The second-order valence-electron chi connectivity index (χ2n) is 9.45. The molecule has 2 aromatic carbocycles. The molecule has 2 N–H and O–H groups in total. The molecule has 39 heavy (non-hydrogen) atoms. The number of benzene rings is 2. The van der Waals surface area contributed by atoms with Crippen molar-refractivity contribution in [2.75, 3.05) is 56.7 Å². The molecule has 2 aliphatic rings. The Balaban J connectivity index is 1.38. The lowest BCUT2D eigenvalue weighted by molar-refractivity contribution is -0.111. The number of nitrogens with one attached hydrogen (secondary N) is 2. The number of halogens is 2. The fourth-order valence-corrected chi connectivity index (χ4v) is 4.71. The Morgan fingerprint density at radius 1 is 1.18 bits per heavy atom. The smallest absolute Gasteiger partial charge is 0.248 e. The number of fused-ring (bicyclic) bond motifs is 1. The molecule has 0 spiro atoms. The van der Waals surface area contributed by atoms with E-state index in [9.17, 15) is 9.18 Å². The lowest BCUT2D eigenvalue weighted by atomic mass is 10.1. The van der Waals surface area contributed by atoms with Crippen molar-refractivity contribution in [3.05, 3.63) is 59.7 Å². The first-order valence-electron chi connectivity index (χ1n) is 13.1. The summed E-state index contributed by atoms with van der Waals surface area (Å²) in [7, 11) is 0. The molecule has 3 heterocycles. The highest BCUT2D eigenvalue weighted by Gasteiger charge is 2.19. The quantitative estimate of drug-likeness (QED) is 0.358. The summed E-state index contributed by atoms with van der Waals surface area (Å²) in [6.45, 7) is 5.00. The van der Waals surface area contributed by atoms with E-state index in [1.54, 1.807) is 18.2 Å². The highest BCUT2D eigenvalue weighted by Crippen LogP contribution is 2.34. The van der Waals surface area contributed by atoms with Crippen molar-refractivity contribution in [1.29, 1.82) is 0 Å². The summed E-state index contributed by atoms with van der Waals surface area (Å²) in [5.74, 6) is 0.172.